The lowest BCUT2D eigenvalue weighted by molar-refractivity contribution is -0.118. The van der Waals surface area contributed by atoms with Crippen molar-refractivity contribution in [3.8, 4) is 11.4 Å². The fraction of sp³-hybridized carbons (Fsp3) is 0.300. The molecule has 0 fully saturated rings. The summed E-state index contributed by atoms with van der Waals surface area (Å²) in [5.41, 5.74) is 9.83. The molecule has 0 radical (unpaired) electrons. The molecule has 1 amide bonds. The van der Waals surface area contributed by atoms with E-state index in [1.54, 1.807) is 6.07 Å². The van der Waals surface area contributed by atoms with Crippen molar-refractivity contribution >= 4 is 22.6 Å². The van der Waals surface area contributed by atoms with Crippen LogP contribution in [0, 0.1) is 18.7 Å². The molecule has 0 spiro atoms. The summed E-state index contributed by atoms with van der Waals surface area (Å²) in [6, 6.07) is 9.70. The molecule has 136 valence electrons. The molecule has 0 bridgehead atoms. The van der Waals surface area contributed by atoms with Gasteiger partial charge in [0.05, 0.1) is 17.1 Å². The third-order valence-corrected chi connectivity index (χ3v) is 4.62. The quantitative estimate of drug-likeness (QED) is 0.752. The van der Waals surface area contributed by atoms with Crippen LogP contribution in [0.5, 0.6) is 0 Å². The van der Waals surface area contributed by atoms with Gasteiger partial charge in [-0.25, -0.2) is 9.37 Å². The highest BCUT2D eigenvalue weighted by Gasteiger charge is 2.19. The summed E-state index contributed by atoms with van der Waals surface area (Å²) in [4.78, 5) is 16.8. The molecule has 1 heterocycles. The van der Waals surface area contributed by atoms with Gasteiger partial charge in [0.2, 0.25) is 5.91 Å². The number of carbonyl (C=O) groups excluding carboxylic acids is 1. The average Bonchev–Trinajstić information content (AvgIpc) is 2.92. The van der Waals surface area contributed by atoms with Crippen molar-refractivity contribution < 1.29 is 9.18 Å². The lowest BCUT2D eigenvalue weighted by Crippen LogP contribution is -2.39. The summed E-state index contributed by atoms with van der Waals surface area (Å²) in [7, 11) is 1.88. The van der Waals surface area contributed by atoms with E-state index in [-0.39, 0.29) is 17.6 Å². The van der Waals surface area contributed by atoms with Gasteiger partial charge in [0.15, 0.2) is 0 Å². The lowest BCUT2D eigenvalue weighted by atomic mass is 10.0. The van der Waals surface area contributed by atoms with E-state index in [9.17, 15) is 9.18 Å². The molecule has 5 nitrogen and oxygen atoms in total. The zero-order valence-corrected chi connectivity index (χ0v) is 15.4. The smallest absolute Gasteiger partial charge is 0.241 e. The Morgan fingerprint density at radius 3 is 2.65 bits per heavy atom. The van der Waals surface area contributed by atoms with Crippen LogP contribution in [0.3, 0.4) is 0 Å². The highest BCUT2D eigenvalue weighted by atomic mass is 19.1. The highest BCUT2D eigenvalue weighted by molar-refractivity contribution is 5.96. The van der Waals surface area contributed by atoms with Gasteiger partial charge in [0.1, 0.15) is 11.6 Å². The van der Waals surface area contributed by atoms with Crippen molar-refractivity contribution in [2.45, 2.75) is 26.8 Å². The van der Waals surface area contributed by atoms with Gasteiger partial charge in [0.25, 0.3) is 0 Å². The number of hydrogen-bond acceptors (Lipinski definition) is 3. The predicted molar refractivity (Wildman–Crippen MR) is 102 cm³/mol. The first kappa shape index (κ1) is 18.1. The maximum Gasteiger partial charge on any atom is 0.241 e. The molecule has 2 aromatic carbocycles. The third kappa shape index (κ3) is 3.32. The average molecular weight is 354 g/mol. The standard InChI is InChI=1S/C20H23FN4O/c1-11(2)18(22)20(26)24-15-9-13(6-5-12(15)3)19-23-16-10-14(21)7-8-17(16)25(19)4/h5-11,18H,22H2,1-4H3,(H,24,26)/t18-/m0/s1. The minimum Gasteiger partial charge on any atom is -0.327 e. The minimum absolute atomic E-state index is 0.0493. The van der Waals surface area contributed by atoms with Gasteiger partial charge in [-0.05, 0) is 36.6 Å². The molecule has 26 heavy (non-hydrogen) atoms. The van der Waals surface area contributed by atoms with Crippen LogP contribution in [-0.4, -0.2) is 21.5 Å². The maximum atomic E-state index is 13.5. The van der Waals surface area contributed by atoms with E-state index < -0.39 is 6.04 Å². The number of rotatable bonds is 4. The number of fused-ring (bicyclic) bond motifs is 1. The summed E-state index contributed by atoms with van der Waals surface area (Å²) >= 11 is 0. The van der Waals surface area contributed by atoms with E-state index in [1.807, 2.05) is 50.6 Å². The Morgan fingerprint density at radius 2 is 1.96 bits per heavy atom. The number of nitrogens with two attached hydrogens (primary N) is 1. The number of hydrogen-bond donors (Lipinski definition) is 2. The number of imidazole rings is 1. The molecule has 0 aliphatic carbocycles. The molecule has 0 saturated carbocycles. The number of anilines is 1. The Kier molecular flexibility index (Phi) is 4.78. The Labute approximate surface area is 152 Å². The molecular formula is C20H23FN4O. The van der Waals surface area contributed by atoms with Crippen LogP contribution in [0.4, 0.5) is 10.1 Å². The van der Waals surface area contributed by atoms with Crippen molar-refractivity contribution in [2.24, 2.45) is 18.7 Å². The predicted octanol–water partition coefficient (Wildman–Crippen LogP) is 3.61. The third-order valence-electron chi connectivity index (χ3n) is 4.62. The summed E-state index contributed by atoms with van der Waals surface area (Å²) in [5.74, 6) is 0.219. The number of nitrogens with one attached hydrogen (secondary N) is 1. The van der Waals surface area contributed by atoms with Crippen LogP contribution >= 0.6 is 0 Å². The van der Waals surface area contributed by atoms with Gasteiger partial charge in [-0.1, -0.05) is 26.0 Å². The molecule has 1 aromatic heterocycles. The molecule has 3 rings (SSSR count). The summed E-state index contributed by atoms with van der Waals surface area (Å²) < 4.78 is 15.4. The van der Waals surface area contributed by atoms with E-state index in [4.69, 9.17) is 5.73 Å². The largest absolute Gasteiger partial charge is 0.327 e. The number of benzene rings is 2. The fourth-order valence-corrected chi connectivity index (χ4v) is 2.85. The topological polar surface area (TPSA) is 72.9 Å². The second-order valence-corrected chi connectivity index (χ2v) is 6.92. The Balaban J connectivity index is 2.00. The molecule has 0 unspecified atom stereocenters. The van der Waals surface area contributed by atoms with E-state index in [0.717, 1.165) is 16.6 Å². The monoisotopic (exact) mass is 354 g/mol. The molecule has 0 saturated heterocycles. The Bertz CT molecular complexity index is 977. The van der Waals surface area contributed by atoms with Crippen LogP contribution in [-0.2, 0) is 11.8 Å². The number of halogens is 1. The molecule has 1 atom stereocenters. The molecular weight excluding hydrogens is 331 g/mol. The van der Waals surface area contributed by atoms with E-state index >= 15 is 0 Å². The van der Waals surface area contributed by atoms with Crippen LogP contribution in [0.1, 0.15) is 19.4 Å². The normalized spacial score (nSPS) is 12.6. The van der Waals surface area contributed by atoms with Gasteiger partial charge in [-0.3, -0.25) is 4.79 Å². The van der Waals surface area contributed by atoms with E-state index in [2.05, 4.69) is 10.3 Å². The van der Waals surface area contributed by atoms with Gasteiger partial charge in [0, 0.05) is 24.4 Å². The van der Waals surface area contributed by atoms with Crippen LogP contribution in [0.15, 0.2) is 36.4 Å². The van der Waals surface area contributed by atoms with Crippen molar-refractivity contribution in [1.29, 1.82) is 0 Å². The summed E-state index contributed by atoms with van der Waals surface area (Å²) in [6.45, 7) is 5.74. The van der Waals surface area contributed by atoms with Crippen LogP contribution < -0.4 is 11.1 Å². The van der Waals surface area contributed by atoms with Crippen molar-refractivity contribution in [2.75, 3.05) is 5.32 Å². The molecule has 0 aliphatic rings. The molecule has 6 heteroatoms. The second kappa shape index (κ2) is 6.88. The van der Waals surface area contributed by atoms with Crippen molar-refractivity contribution in [3.63, 3.8) is 0 Å². The minimum atomic E-state index is -0.572. The van der Waals surface area contributed by atoms with Gasteiger partial charge >= 0.3 is 0 Å². The lowest BCUT2D eigenvalue weighted by Gasteiger charge is -2.17. The fourth-order valence-electron chi connectivity index (χ4n) is 2.85. The van der Waals surface area contributed by atoms with Crippen molar-refractivity contribution in [3.05, 3.63) is 47.8 Å². The molecule has 0 aliphatic heterocycles. The van der Waals surface area contributed by atoms with Crippen LogP contribution in [0.2, 0.25) is 0 Å². The first-order valence-electron chi connectivity index (χ1n) is 8.57. The SMILES string of the molecule is Cc1ccc(-c2nc3cc(F)ccc3n2C)cc1NC(=O)[C@@H](N)C(C)C. The number of nitrogens with zero attached hydrogens (tertiary/aromatic N) is 2. The Hall–Kier alpha value is -2.73. The first-order chi connectivity index (χ1) is 12.3. The van der Waals surface area contributed by atoms with Gasteiger partial charge in [-0.2, -0.15) is 0 Å². The molecule has 3 aromatic rings. The Morgan fingerprint density at radius 1 is 1.23 bits per heavy atom. The van der Waals surface area contributed by atoms with E-state index in [1.165, 1.54) is 12.1 Å². The van der Waals surface area contributed by atoms with Crippen LogP contribution in [0.25, 0.3) is 22.4 Å². The van der Waals surface area contributed by atoms with Crippen molar-refractivity contribution in [1.82, 2.24) is 9.55 Å². The molecule has 3 N–H and O–H groups in total. The zero-order valence-electron chi connectivity index (χ0n) is 15.4. The number of aryl methyl sites for hydroxylation is 2. The summed E-state index contributed by atoms with van der Waals surface area (Å²) in [6.07, 6.45) is 0. The number of carbonyl (C=O) groups is 1. The first-order valence-corrected chi connectivity index (χ1v) is 8.57. The second-order valence-electron chi connectivity index (χ2n) is 6.92. The summed E-state index contributed by atoms with van der Waals surface area (Å²) in [5, 5.41) is 2.90. The van der Waals surface area contributed by atoms with Gasteiger partial charge < -0.3 is 15.6 Å². The highest BCUT2D eigenvalue weighted by Crippen LogP contribution is 2.28. The van der Waals surface area contributed by atoms with Gasteiger partial charge in [-0.15, -0.1) is 0 Å². The van der Waals surface area contributed by atoms with E-state index in [0.29, 0.717) is 17.0 Å². The maximum absolute atomic E-state index is 13.5. The number of amides is 1. The number of aromatic nitrogens is 2. The zero-order chi connectivity index (χ0) is 19.0.